The summed E-state index contributed by atoms with van der Waals surface area (Å²) in [6, 6.07) is 0. The smallest absolute Gasteiger partial charge is 0.462 e. The van der Waals surface area contributed by atoms with Crippen LogP contribution in [0.15, 0.2) is 134 Å². The summed E-state index contributed by atoms with van der Waals surface area (Å²) in [7, 11) is -9.98. The van der Waals surface area contributed by atoms with Crippen LogP contribution in [-0.2, 0) is 65.4 Å². The summed E-state index contributed by atoms with van der Waals surface area (Å²) in [4.78, 5) is 73.0. The Morgan fingerprint density at radius 3 is 0.804 bits per heavy atom. The predicted molar refractivity (Wildman–Crippen MR) is 418 cm³/mol. The average Bonchev–Trinajstić information content (AvgIpc) is 0.908. The van der Waals surface area contributed by atoms with Gasteiger partial charge < -0.3 is 33.8 Å². The molecule has 0 spiro atoms. The molecule has 0 aromatic heterocycles. The molecule has 0 aromatic rings. The van der Waals surface area contributed by atoms with Gasteiger partial charge in [0.05, 0.1) is 26.4 Å². The molecule has 0 saturated heterocycles. The van der Waals surface area contributed by atoms with E-state index < -0.39 is 97.5 Å². The molecular weight excluding hydrogens is 1330 g/mol. The Bertz CT molecular complexity index is 2460. The monoisotopic (exact) mass is 1470 g/mol. The van der Waals surface area contributed by atoms with Gasteiger partial charge in [-0.2, -0.15) is 0 Å². The normalized spacial score (nSPS) is 14.6. The fourth-order valence-electron chi connectivity index (χ4n) is 10.2. The Hall–Kier alpha value is -4.80. The Kier molecular flexibility index (Phi) is 71.0. The largest absolute Gasteiger partial charge is 0.472 e. The fourth-order valence-corrected chi connectivity index (χ4v) is 11.8. The number of phosphoric ester groups is 2. The van der Waals surface area contributed by atoms with Crippen molar-refractivity contribution in [1.82, 2.24) is 0 Å². The van der Waals surface area contributed by atoms with Crippen LogP contribution in [0.4, 0.5) is 0 Å². The summed E-state index contributed by atoms with van der Waals surface area (Å²) in [5.74, 6) is -2.25. The topological polar surface area (TPSA) is 237 Å². The lowest BCUT2D eigenvalue weighted by atomic mass is 10.0. The summed E-state index contributed by atoms with van der Waals surface area (Å²) in [6.07, 6.45) is 82.9. The zero-order valence-electron chi connectivity index (χ0n) is 63.7. The van der Waals surface area contributed by atoms with Crippen LogP contribution in [-0.4, -0.2) is 96.7 Å². The minimum atomic E-state index is -4.99. The molecule has 0 amide bonds. The second-order valence-electron chi connectivity index (χ2n) is 25.9. The number of allylic oxidation sites excluding steroid dienone is 22. The van der Waals surface area contributed by atoms with Gasteiger partial charge in [0.1, 0.15) is 19.3 Å². The van der Waals surface area contributed by atoms with E-state index in [4.69, 9.17) is 37.0 Å². The number of aliphatic hydroxyl groups is 1. The standard InChI is InChI=1S/C83H140O17P2/c1-5-9-13-17-21-25-29-33-36-38-41-44-47-51-55-59-63-67-80(85)93-73-78(99-82(87)69-65-61-57-53-49-43-32-28-24-20-16-12-8-4)75-97-101(89,90)95-71-77(84)72-96-102(91,92)98-76-79(100-83(88)70-66-62-58-54-50-46-40-35-31-27-23-19-15-11-7-3)74-94-81(86)68-64-60-56-52-48-45-42-39-37-34-30-26-22-18-14-10-6-2/h9-11,13-15,21-23,25-27,33-37,40-41,44,50,54,77-79,84H,5-8,12,16-20,24,28-32,38-39,42-43,45-49,51-53,55-76H2,1-4H3,(H,89,90)(H,91,92)/b13-9-,14-10-,15-11-,25-21-,26-22-,27-23-,36-33-,37-34-,40-35-,44-41-,54-50-. The first-order chi connectivity index (χ1) is 49.7. The number of ether oxygens (including phenoxy) is 4. The van der Waals surface area contributed by atoms with Crippen molar-refractivity contribution < 1.29 is 80.2 Å². The zero-order valence-corrected chi connectivity index (χ0v) is 65.5. The van der Waals surface area contributed by atoms with Crippen LogP contribution in [0.25, 0.3) is 0 Å². The quantitative estimate of drug-likeness (QED) is 0.0169. The molecule has 0 rings (SSSR count). The summed E-state index contributed by atoms with van der Waals surface area (Å²) in [6.45, 7) is 4.46. The van der Waals surface area contributed by atoms with Crippen LogP contribution in [0.3, 0.4) is 0 Å². The molecular formula is C83H140O17P2. The molecule has 0 aliphatic carbocycles. The molecule has 0 radical (unpaired) electrons. The first kappa shape index (κ1) is 97.2. The van der Waals surface area contributed by atoms with Gasteiger partial charge in [-0.15, -0.1) is 0 Å². The SMILES string of the molecule is CC/C=C\C/C=C\C/C=C\C/C=C\CCCCCCC(=O)OCC(COP(=O)(O)OCC(O)COP(=O)(O)OCC(COC(=O)CCCCCCCCC/C=C\C/C=C\C/C=C\CC)OC(=O)CCCC/C=C\C/C=C\C/C=C\C/C=C\CC)OC(=O)CCCCCCCCCCCCCCC. The second kappa shape index (κ2) is 74.5. The lowest BCUT2D eigenvalue weighted by molar-refractivity contribution is -0.161. The zero-order chi connectivity index (χ0) is 74.6. The maximum absolute atomic E-state index is 13.1. The molecule has 17 nitrogen and oxygen atoms in total. The van der Waals surface area contributed by atoms with Gasteiger partial charge in [0.25, 0.3) is 0 Å². The van der Waals surface area contributed by atoms with Gasteiger partial charge in [0, 0.05) is 25.7 Å². The van der Waals surface area contributed by atoms with Crippen LogP contribution in [0.1, 0.15) is 310 Å². The van der Waals surface area contributed by atoms with Crippen LogP contribution in [0.2, 0.25) is 0 Å². The molecule has 0 fully saturated rings. The van der Waals surface area contributed by atoms with Crippen molar-refractivity contribution in [1.29, 1.82) is 0 Å². The maximum Gasteiger partial charge on any atom is 0.472 e. The second-order valence-corrected chi connectivity index (χ2v) is 28.8. The van der Waals surface area contributed by atoms with Crippen LogP contribution in [0, 0.1) is 0 Å². The van der Waals surface area contributed by atoms with Gasteiger partial charge in [0.2, 0.25) is 0 Å². The highest BCUT2D eigenvalue weighted by atomic mass is 31.2. The predicted octanol–water partition coefficient (Wildman–Crippen LogP) is 22.9. The number of carbonyl (C=O) groups is 4. The van der Waals surface area contributed by atoms with Crippen LogP contribution < -0.4 is 0 Å². The Balaban J connectivity index is 5.40. The summed E-state index contributed by atoms with van der Waals surface area (Å²) in [5, 5.41) is 10.6. The first-order valence-corrected chi connectivity index (χ1v) is 42.4. The first-order valence-electron chi connectivity index (χ1n) is 39.4. The van der Waals surface area contributed by atoms with E-state index >= 15 is 0 Å². The molecule has 0 aliphatic heterocycles. The average molecular weight is 1470 g/mol. The molecule has 19 heteroatoms. The highest BCUT2D eigenvalue weighted by Gasteiger charge is 2.30. The minimum absolute atomic E-state index is 0.0374. The summed E-state index contributed by atoms with van der Waals surface area (Å²) >= 11 is 0. The molecule has 3 N–H and O–H groups in total. The third-order valence-corrected chi connectivity index (χ3v) is 18.0. The number of rotatable bonds is 73. The van der Waals surface area contributed by atoms with Gasteiger partial charge in [-0.1, -0.05) is 283 Å². The van der Waals surface area contributed by atoms with Crippen molar-refractivity contribution in [2.45, 2.75) is 329 Å². The lowest BCUT2D eigenvalue weighted by Gasteiger charge is -2.21. The number of carbonyl (C=O) groups excluding carboxylic acids is 4. The molecule has 0 saturated carbocycles. The third-order valence-electron chi connectivity index (χ3n) is 16.1. The number of phosphoric acid groups is 2. The molecule has 0 aliphatic rings. The maximum atomic E-state index is 13.1. The fraction of sp³-hybridized carbons (Fsp3) is 0.687. The number of unbranched alkanes of at least 4 members (excludes halogenated alkanes) is 25. The molecule has 584 valence electrons. The van der Waals surface area contributed by atoms with Crippen molar-refractivity contribution in [3.8, 4) is 0 Å². The van der Waals surface area contributed by atoms with Crippen molar-refractivity contribution in [2.75, 3.05) is 39.6 Å². The molecule has 0 bridgehead atoms. The molecule has 5 atom stereocenters. The van der Waals surface area contributed by atoms with Crippen LogP contribution in [0.5, 0.6) is 0 Å². The Labute approximate surface area is 618 Å². The van der Waals surface area contributed by atoms with Crippen molar-refractivity contribution in [2.24, 2.45) is 0 Å². The van der Waals surface area contributed by atoms with Crippen molar-refractivity contribution >= 4 is 39.5 Å². The number of hydrogen-bond acceptors (Lipinski definition) is 15. The van der Waals surface area contributed by atoms with Gasteiger partial charge in [-0.25, -0.2) is 9.13 Å². The van der Waals surface area contributed by atoms with E-state index in [1.165, 1.54) is 51.4 Å². The van der Waals surface area contributed by atoms with Gasteiger partial charge in [-0.05, 0) is 135 Å². The Morgan fingerprint density at radius 2 is 0.510 bits per heavy atom. The number of aliphatic hydroxyl groups excluding tert-OH is 1. The van der Waals surface area contributed by atoms with Crippen LogP contribution >= 0.6 is 15.6 Å². The number of hydrogen-bond donors (Lipinski definition) is 3. The summed E-state index contributed by atoms with van der Waals surface area (Å²) < 4.78 is 68.5. The van der Waals surface area contributed by atoms with E-state index in [0.29, 0.717) is 32.1 Å². The van der Waals surface area contributed by atoms with E-state index in [9.17, 15) is 43.2 Å². The molecule has 0 aromatic carbocycles. The minimum Gasteiger partial charge on any atom is -0.462 e. The van der Waals surface area contributed by atoms with E-state index in [0.717, 1.165) is 173 Å². The number of esters is 4. The third kappa shape index (κ3) is 73.5. The van der Waals surface area contributed by atoms with E-state index in [1.807, 2.05) is 0 Å². The van der Waals surface area contributed by atoms with Gasteiger partial charge in [0.15, 0.2) is 12.2 Å². The molecule has 102 heavy (non-hydrogen) atoms. The van der Waals surface area contributed by atoms with E-state index in [2.05, 4.69) is 161 Å². The van der Waals surface area contributed by atoms with Crippen molar-refractivity contribution in [3.05, 3.63) is 134 Å². The molecule has 5 unspecified atom stereocenters. The molecule has 0 heterocycles. The summed E-state index contributed by atoms with van der Waals surface area (Å²) in [5.41, 5.74) is 0. The highest BCUT2D eigenvalue weighted by molar-refractivity contribution is 7.47. The van der Waals surface area contributed by atoms with E-state index in [-0.39, 0.29) is 25.7 Å². The Morgan fingerprint density at radius 1 is 0.284 bits per heavy atom. The van der Waals surface area contributed by atoms with E-state index in [1.54, 1.807) is 0 Å². The lowest BCUT2D eigenvalue weighted by Crippen LogP contribution is -2.30. The van der Waals surface area contributed by atoms with Crippen molar-refractivity contribution in [3.63, 3.8) is 0 Å². The van der Waals surface area contributed by atoms with Gasteiger partial charge in [-0.3, -0.25) is 37.3 Å². The highest BCUT2D eigenvalue weighted by Crippen LogP contribution is 2.45. The van der Waals surface area contributed by atoms with Gasteiger partial charge >= 0.3 is 39.5 Å².